The van der Waals surface area contributed by atoms with Crippen molar-refractivity contribution in [2.75, 3.05) is 23.7 Å². The summed E-state index contributed by atoms with van der Waals surface area (Å²) in [5.74, 6) is -0.898. The number of halogens is 2. The third-order valence-corrected chi connectivity index (χ3v) is 3.97. The number of hydrogen-bond acceptors (Lipinski definition) is 3. The van der Waals surface area contributed by atoms with E-state index < -0.39 is 11.8 Å². The molecule has 28 heavy (non-hydrogen) atoms. The van der Waals surface area contributed by atoms with Crippen LogP contribution < -0.4 is 21.3 Å². The van der Waals surface area contributed by atoms with Gasteiger partial charge in [0, 0.05) is 22.9 Å². The van der Waals surface area contributed by atoms with Crippen LogP contribution in [0.3, 0.4) is 0 Å². The maximum absolute atomic E-state index is 12.1. The normalized spacial score (nSPS) is 9.93. The third kappa shape index (κ3) is 6.61. The zero-order valence-electron chi connectivity index (χ0n) is 14.7. The van der Waals surface area contributed by atoms with Gasteiger partial charge in [-0.05, 0) is 42.5 Å². The number of carbonyl (C=O) groups excluding carboxylic acids is 3. The number of urea groups is 1. The van der Waals surface area contributed by atoms with Crippen molar-refractivity contribution in [2.45, 2.75) is 0 Å². The van der Waals surface area contributed by atoms with Crippen molar-refractivity contribution in [2.24, 2.45) is 0 Å². The number of rotatable bonds is 7. The van der Waals surface area contributed by atoms with Crippen LogP contribution in [-0.2, 0) is 4.79 Å². The maximum Gasteiger partial charge on any atom is 0.319 e. The van der Waals surface area contributed by atoms with Gasteiger partial charge in [-0.15, -0.1) is 6.58 Å². The summed E-state index contributed by atoms with van der Waals surface area (Å²) in [4.78, 5) is 35.6. The average molecular weight is 421 g/mol. The highest BCUT2D eigenvalue weighted by atomic mass is 35.5. The summed E-state index contributed by atoms with van der Waals surface area (Å²) in [7, 11) is 0. The second-order valence-electron chi connectivity index (χ2n) is 5.56. The van der Waals surface area contributed by atoms with Gasteiger partial charge in [0.05, 0.1) is 17.1 Å². The minimum atomic E-state index is -0.484. The van der Waals surface area contributed by atoms with Crippen LogP contribution in [0.4, 0.5) is 16.2 Å². The summed E-state index contributed by atoms with van der Waals surface area (Å²) in [5.41, 5.74) is 1.30. The largest absolute Gasteiger partial charge is 0.343 e. The SMILES string of the molecule is C=CCNC(=O)Nc1ccc(NC(=O)CNC(=O)c2ccc(Cl)cc2Cl)cc1. The van der Waals surface area contributed by atoms with Crippen molar-refractivity contribution in [1.29, 1.82) is 0 Å². The van der Waals surface area contributed by atoms with Crippen molar-refractivity contribution in [3.05, 3.63) is 70.7 Å². The second-order valence-corrected chi connectivity index (χ2v) is 6.40. The number of carbonyl (C=O) groups is 3. The molecule has 0 aliphatic heterocycles. The van der Waals surface area contributed by atoms with Crippen LogP contribution in [0.1, 0.15) is 10.4 Å². The molecule has 2 aromatic carbocycles. The highest BCUT2D eigenvalue weighted by molar-refractivity contribution is 6.36. The van der Waals surface area contributed by atoms with E-state index in [4.69, 9.17) is 23.2 Å². The van der Waals surface area contributed by atoms with E-state index in [1.165, 1.54) is 18.2 Å². The molecule has 4 N–H and O–H groups in total. The molecule has 0 saturated carbocycles. The predicted octanol–water partition coefficient (Wildman–Crippen LogP) is 3.67. The Morgan fingerprint density at radius 1 is 0.929 bits per heavy atom. The third-order valence-electron chi connectivity index (χ3n) is 3.42. The molecular weight excluding hydrogens is 403 g/mol. The standard InChI is InChI=1S/C19H18Cl2N4O3/c1-2-9-22-19(28)25-14-6-4-13(5-7-14)24-17(26)11-23-18(27)15-8-3-12(20)10-16(15)21/h2-8,10H,1,9,11H2,(H,23,27)(H,24,26)(H2,22,25,28). The first kappa shape index (κ1) is 21.3. The number of amides is 4. The zero-order valence-corrected chi connectivity index (χ0v) is 16.2. The minimum absolute atomic E-state index is 0.200. The molecule has 0 unspecified atom stereocenters. The summed E-state index contributed by atoms with van der Waals surface area (Å²) >= 11 is 11.8. The molecule has 0 heterocycles. The van der Waals surface area contributed by atoms with E-state index in [2.05, 4.69) is 27.8 Å². The first-order valence-corrected chi connectivity index (χ1v) is 8.93. The summed E-state index contributed by atoms with van der Waals surface area (Å²) in [6.45, 7) is 3.63. The van der Waals surface area contributed by atoms with Gasteiger partial charge in [0.1, 0.15) is 0 Å². The molecule has 0 saturated heterocycles. The van der Waals surface area contributed by atoms with Gasteiger partial charge in [0.2, 0.25) is 5.91 Å². The number of nitrogens with one attached hydrogen (secondary N) is 4. The fraction of sp³-hybridized carbons (Fsp3) is 0.105. The van der Waals surface area contributed by atoms with E-state index in [-0.39, 0.29) is 23.2 Å². The van der Waals surface area contributed by atoms with Gasteiger partial charge in [-0.3, -0.25) is 9.59 Å². The minimum Gasteiger partial charge on any atom is -0.343 e. The molecule has 9 heteroatoms. The summed E-state index contributed by atoms with van der Waals surface area (Å²) in [6, 6.07) is 10.6. The lowest BCUT2D eigenvalue weighted by Gasteiger charge is -2.09. The van der Waals surface area contributed by atoms with E-state index in [0.29, 0.717) is 22.9 Å². The number of benzene rings is 2. The molecular formula is C19H18Cl2N4O3. The smallest absolute Gasteiger partial charge is 0.319 e. The van der Waals surface area contributed by atoms with E-state index >= 15 is 0 Å². The summed E-state index contributed by atoms with van der Waals surface area (Å²) in [5, 5.41) is 11.0. The molecule has 0 bridgehead atoms. The fourth-order valence-corrected chi connectivity index (χ4v) is 2.61. The van der Waals surface area contributed by atoms with Gasteiger partial charge < -0.3 is 21.3 Å². The Morgan fingerprint density at radius 3 is 2.18 bits per heavy atom. The Kier molecular flexibility index (Phi) is 7.86. The van der Waals surface area contributed by atoms with E-state index in [0.717, 1.165) is 0 Å². The molecule has 0 aliphatic carbocycles. The van der Waals surface area contributed by atoms with Crippen LogP contribution in [0.25, 0.3) is 0 Å². The molecule has 0 aromatic heterocycles. The molecule has 7 nitrogen and oxygen atoms in total. The lowest BCUT2D eigenvalue weighted by atomic mass is 10.2. The first-order valence-electron chi connectivity index (χ1n) is 8.18. The molecule has 0 radical (unpaired) electrons. The fourth-order valence-electron chi connectivity index (χ4n) is 2.11. The first-order chi connectivity index (χ1) is 13.4. The molecule has 4 amide bonds. The van der Waals surface area contributed by atoms with E-state index in [1.54, 1.807) is 30.3 Å². The van der Waals surface area contributed by atoms with Gasteiger partial charge in [-0.2, -0.15) is 0 Å². The van der Waals surface area contributed by atoms with Crippen molar-refractivity contribution >= 4 is 52.4 Å². The average Bonchev–Trinajstić information content (AvgIpc) is 2.66. The molecule has 0 atom stereocenters. The van der Waals surface area contributed by atoms with Crippen molar-refractivity contribution < 1.29 is 14.4 Å². The highest BCUT2D eigenvalue weighted by Crippen LogP contribution is 2.20. The second kappa shape index (κ2) is 10.3. The zero-order chi connectivity index (χ0) is 20.5. The Labute approximate surface area is 172 Å². The Morgan fingerprint density at radius 2 is 1.57 bits per heavy atom. The van der Waals surface area contributed by atoms with Crippen LogP contribution in [0.15, 0.2) is 55.1 Å². The van der Waals surface area contributed by atoms with Crippen molar-refractivity contribution in [3.8, 4) is 0 Å². The van der Waals surface area contributed by atoms with Crippen LogP contribution in [0, 0.1) is 0 Å². The van der Waals surface area contributed by atoms with Crippen LogP contribution in [0.5, 0.6) is 0 Å². The molecule has 0 fully saturated rings. The molecule has 0 aliphatic rings. The van der Waals surface area contributed by atoms with Crippen molar-refractivity contribution in [3.63, 3.8) is 0 Å². The predicted molar refractivity (Wildman–Crippen MR) is 111 cm³/mol. The van der Waals surface area contributed by atoms with Gasteiger partial charge in [0.25, 0.3) is 5.91 Å². The summed E-state index contributed by atoms with van der Waals surface area (Å²) < 4.78 is 0. The Hall–Kier alpha value is -3.03. The van der Waals surface area contributed by atoms with Gasteiger partial charge >= 0.3 is 6.03 Å². The topological polar surface area (TPSA) is 99.3 Å². The van der Waals surface area contributed by atoms with Crippen LogP contribution >= 0.6 is 23.2 Å². The Balaban J connectivity index is 1.83. The number of anilines is 2. The molecule has 2 rings (SSSR count). The van der Waals surface area contributed by atoms with Crippen LogP contribution in [0.2, 0.25) is 10.0 Å². The quantitative estimate of drug-likeness (QED) is 0.514. The van der Waals surface area contributed by atoms with Gasteiger partial charge in [-0.1, -0.05) is 29.3 Å². The van der Waals surface area contributed by atoms with Crippen LogP contribution in [-0.4, -0.2) is 30.9 Å². The van der Waals surface area contributed by atoms with Crippen molar-refractivity contribution in [1.82, 2.24) is 10.6 Å². The van der Waals surface area contributed by atoms with Gasteiger partial charge in [0.15, 0.2) is 0 Å². The van der Waals surface area contributed by atoms with E-state index in [9.17, 15) is 14.4 Å². The van der Waals surface area contributed by atoms with E-state index in [1.807, 2.05) is 0 Å². The lowest BCUT2D eigenvalue weighted by Crippen LogP contribution is -2.33. The monoisotopic (exact) mass is 420 g/mol. The van der Waals surface area contributed by atoms with Gasteiger partial charge in [-0.25, -0.2) is 4.79 Å². The summed E-state index contributed by atoms with van der Waals surface area (Å²) in [6.07, 6.45) is 1.57. The maximum atomic E-state index is 12.1. The molecule has 2 aromatic rings. The highest BCUT2D eigenvalue weighted by Gasteiger charge is 2.12. The molecule has 0 spiro atoms. The number of hydrogen-bond donors (Lipinski definition) is 4. The molecule has 146 valence electrons. The Bertz CT molecular complexity index is 885. The lowest BCUT2D eigenvalue weighted by molar-refractivity contribution is -0.115.